The van der Waals surface area contributed by atoms with Crippen molar-refractivity contribution < 1.29 is 9.59 Å². The maximum Gasteiger partial charge on any atom is 0.220 e. The molecule has 5 heteroatoms. The number of carbonyl (C=O) groups excluding carboxylic acids is 2. The molecule has 3 aromatic rings. The molecule has 0 spiro atoms. The third-order valence-electron chi connectivity index (χ3n) is 4.80. The minimum absolute atomic E-state index is 0.0118. The van der Waals surface area contributed by atoms with Crippen molar-refractivity contribution in [3.8, 4) is 0 Å². The van der Waals surface area contributed by atoms with Crippen LogP contribution in [0, 0.1) is 6.92 Å². The second kappa shape index (κ2) is 9.64. The number of nitrogens with one attached hydrogen (secondary N) is 1. The molecule has 0 fully saturated rings. The number of hydrogen-bond donors (Lipinski definition) is 2. The zero-order valence-corrected chi connectivity index (χ0v) is 16.5. The minimum Gasteiger partial charge on any atom is -0.383 e. The van der Waals surface area contributed by atoms with Crippen molar-refractivity contribution in [2.75, 3.05) is 5.73 Å². The fourth-order valence-corrected chi connectivity index (χ4v) is 2.99. The normalized spacial score (nSPS) is 10.5. The summed E-state index contributed by atoms with van der Waals surface area (Å²) in [5.74, 6) is 0.377. The number of aromatic nitrogens is 1. The molecule has 0 saturated heterocycles. The van der Waals surface area contributed by atoms with E-state index < -0.39 is 0 Å². The van der Waals surface area contributed by atoms with Crippen LogP contribution in [-0.4, -0.2) is 16.7 Å². The summed E-state index contributed by atoms with van der Waals surface area (Å²) in [6.45, 7) is 2.49. The number of aryl methyl sites for hydroxylation is 2. The number of anilines is 1. The summed E-state index contributed by atoms with van der Waals surface area (Å²) < 4.78 is 0. The number of benzene rings is 2. The predicted molar refractivity (Wildman–Crippen MR) is 114 cm³/mol. The summed E-state index contributed by atoms with van der Waals surface area (Å²) in [4.78, 5) is 28.5. The molecule has 3 N–H and O–H groups in total. The molecule has 2 aromatic carbocycles. The van der Waals surface area contributed by atoms with E-state index >= 15 is 0 Å². The van der Waals surface area contributed by atoms with Crippen LogP contribution in [-0.2, 0) is 24.2 Å². The van der Waals surface area contributed by atoms with Crippen LogP contribution in [0.3, 0.4) is 0 Å². The maximum atomic E-state index is 12.4. The lowest BCUT2D eigenvalue weighted by Crippen LogP contribution is -2.23. The highest BCUT2D eigenvalue weighted by Gasteiger charge is 2.10. The van der Waals surface area contributed by atoms with Gasteiger partial charge in [-0.15, -0.1) is 0 Å². The maximum absolute atomic E-state index is 12.4. The van der Waals surface area contributed by atoms with Crippen LogP contribution in [0.5, 0.6) is 0 Å². The molecule has 1 amide bonds. The molecular weight excluding hydrogens is 362 g/mol. The van der Waals surface area contributed by atoms with E-state index in [0.717, 1.165) is 23.1 Å². The lowest BCUT2D eigenvalue weighted by Gasteiger charge is -2.07. The van der Waals surface area contributed by atoms with Gasteiger partial charge < -0.3 is 11.1 Å². The van der Waals surface area contributed by atoms with Gasteiger partial charge in [-0.1, -0.05) is 60.2 Å². The van der Waals surface area contributed by atoms with Gasteiger partial charge >= 0.3 is 0 Å². The molecule has 0 aliphatic carbocycles. The number of nitrogens with zero attached hydrogens (tertiary/aromatic N) is 1. The fourth-order valence-electron chi connectivity index (χ4n) is 2.99. The predicted octanol–water partition coefficient (Wildman–Crippen LogP) is 3.65. The molecule has 148 valence electrons. The van der Waals surface area contributed by atoms with Crippen LogP contribution in [0.25, 0.3) is 0 Å². The fraction of sp³-hybridized carbons (Fsp3) is 0.208. The summed E-state index contributed by atoms with van der Waals surface area (Å²) >= 11 is 0. The Labute approximate surface area is 171 Å². The van der Waals surface area contributed by atoms with E-state index in [1.54, 1.807) is 30.5 Å². The quantitative estimate of drug-likeness (QED) is 0.578. The first kappa shape index (κ1) is 20.3. The van der Waals surface area contributed by atoms with Gasteiger partial charge in [0, 0.05) is 36.7 Å². The smallest absolute Gasteiger partial charge is 0.220 e. The Morgan fingerprint density at radius 3 is 2.34 bits per heavy atom. The van der Waals surface area contributed by atoms with E-state index in [2.05, 4.69) is 34.6 Å². The molecule has 0 aliphatic rings. The van der Waals surface area contributed by atoms with Gasteiger partial charge in [-0.25, -0.2) is 4.98 Å². The van der Waals surface area contributed by atoms with E-state index in [9.17, 15) is 9.59 Å². The first-order valence-corrected chi connectivity index (χ1v) is 9.65. The van der Waals surface area contributed by atoms with Crippen LogP contribution in [0.2, 0.25) is 0 Å². The van der Waals surface area contributed by atoms with Gasteiger partial charge in [0.1, 0.15) is 5.82 Å². The van der Waals surface area contributed by atoms with Gasteiger partial charge in [-0.2, -0.15) is 0 Å². The molecule has 3 rings (SSSR count). The Hall–Kier alpha value is -3.47. The van der Waals surface area contributed by atoms with Crippen LogP contribution in [0.15, 0.2) is 66.9 Å². The van der Waals surface area contributed by atoms with Crippen molar-refractivity contribution in [2.24, 2.45) is 0 Å². The van der Waals surface area contributed by atoms with E-state index in [-0.39, 0.29) is 18.1 Å². The molecule has 5 nitrogen and oxygen atoms in total. The molecule has 0 radical (unpaired) electrons. The Morgan fingerprint density at radius 1 is 0.966 bits per heavy atom. The Kier molecular flexibility index (Phi) is 6.74. The average Bonchev–Trinajstić information content (AvgIpc) is 2.74. The van der Waals surface area contributed by atoms with Crippen molar-refractivity contribution in [2.45, 2.75) is 32.7 Å². The SMILES string of the molecule is Cc1ccc(CCC(=O)NCc2ccc(C(=O)Cc3cccnc3N)cc2)cc1. The highest BCUT2D eigenvalue weighted by atomic mass is 16.1. The number of pyridine rings is 1. The largest absolute Gasteiger partial charge is 0.383 e. The lowest BCUT2D eigenvalue weighted by molar-refractivity contribution is -0.121. The highest BCUT2D eigenvalue weighted by molar-refractivity contribution is 5.98. The number of Topliss-reactive ketones (excluding diaryl/α,β-unsaturated/α-hetero) is 1. The van der Waals surface area contributed by atoms with Crippen LogP contribution in [0.1, 0.15) is 39.0 Å². The summed E-state index contributed by atoms with van der Waals surface area (Å²) in [6.07, 6.45) is 2.99. The molecule has 0 saturated carbocycles. The Morgan fingerprint density at radius 2 is 1.66 bits per heavy atom. The standard InChI is InChI=1S/C24H25N3O2/c1-17-4-6-18(7-5-17)10-13-23(29)27-16-19-8-11-20(12-9-19)22(28)15-21-3-2-14-26-24(21)25/h2-9,11-12,14H,10,13,15-16H2,1H3,(H2,25,26)(H,27,29). The third kappa shape index (κ3) is 6.01. The molecule has 0 aliphatic heterocycles. The topological polar surface area (TPSA) is 85.1 Å². The third-order valence-corrected chi connectivity index (χ3v) is 4.80. The first-order chi connectivity index (χ1) is 14.0. The molecule has 0 atom stereocenters. The van der Waals surface area contributed by atoms with Crippen molar-refractivity contribution in [3.05, 3.63) is 94.7 Å². The number of hydrogen-bond acceptors (Lipinski definition) is 4. The summed E-state index contributed by atoms with van der Waals surface area (Å²) in [6, 6.07) is 19.1. The van der Waals surface area contributed by atoms with E-state index in [4.69, 9.17) is 5.73 Å². The molecule has 0 unspecified atom stereocenters. The number of ketones is 1. The molecular formula is C24H25N3O2. The molecule has 0 bridgehead atoms. The number of amides is 1. The summed E-state index contributed by atoms with van der Waals surface area (Å²) in [5.41, 5.74) is 10.5. The number of carbonyl (C=O) groups is 2. The second-order valence-electron chi connectivity index (χ2n) is 7.11. The summed E-state index contributed by atoms with van der Waals surface area (Å²) in [7, 11) is 0. The van der Waals surface area contributed by atoms with Crippen molar-refractivity contribution in [1.29, 1.82) is 0 Å². The van der Waals surface area contributed by atoms with Gasteiger partial charge in [0.05, 0.1) is 0 Å². The zero-order chi connectivity index (χ0) is 20.6. The Balaban J connectivity index is 1.47. The monoisotopic (exact) mass is 387 g/mol. The van der Waals surface area contributed by atoms with Crippen LogP contribution < -0.4 is 11.1 Å². The number of nitrogens with two attached hydrogens (primary N) is 1. The first-order valence-electron chi connectivity index (χ1n) is 9.65. The average molecular weight is 387 g/mol. The van der Waals surface area contributed by atoms with E-state index in [1.807, 2.05) is 19.1 Å². The van der Waals surface area contributed by atoms with Crippen LogP contribution >= 0.6 is 0 Å². The molecule has 1 heterocycles. The van der Waals surface area contributed by atoms with Crippen molar-refractivity contribution >= 4 is 17.5 Å². The Bertz CT molecular complexity index is 980. The number of nitrogen functional groups attached to an aromatic ring is 1. The van der Waals surface area contributed by atoms with Gasteiger partial charge in [0.15, 0.2) is 5.78 Å². The van der Waals surface area contributed by atoms with Crippen molar-refractivity contribution in [3.63, 3.8) is 0 Å². The molecule has 1 aromatic heterocycles. The van der Waals surface area contributed by atoms with Crippen molar-refractivity contribution in [1.82, 2.24) is 10.3 Å². The van der Waals surface area contributed by atoms with Gasteiger partial charge in [0.2, 0.25) is 5.91 Å². The van der Waals surface area contributed by atoms with Gasteiger partial charge in [-0.05, 0) is 30.5 Å². The second-order valence-corrected chi connectivity index (χ2v) is 7.11. The van der Waals surface area contributed by atoms with Crippen LogP contribution in [0.4, 0.5) is 5.82 Å². The lowest BCUT2D eigenvalue weighted by atomic mass is 10.0. The number of rotatable bonds is 8. The van der Waals surface area contributed by atoms with Gasteiger partial charge in [0.25, 0.3) is 0 Å². The minimum atomic E-state index is -0.0154. The zero-order valence-electron chi connectivity index (χ0n) is 16.5. The van der Waals surface area contributed by atoms with E-state index in [0.29, 0.717) is 24.3 Å². The van der Waals surface area contributed by atoms with Gasteiger partial charge in [-0.3, -0.25) is 9.59 Å². The molecule has 29 heavy (non-hydrogen) atoms. The highest BCUT2D eigenvalue weighted by Crippen LogP contribution is 2.13. The van der Waals surface area contributed by atoms with E-state index in [1.165, 1.54) is 5.56 Å². The summed E-state index contributed by atoms with van der Waals surface area (Å²) in [5, 5.41) is 2.93.